The van der Waals surface area contributed by atoms with E-state index in [9.17, 15) is 14.4 Å². The van der Waals surface area contributed by atoms with Crippen LogP contribution in [0.15, 0.2) is 52.3 Å². The number of amides is 1. The molecule has 1 unspecified atom stereocenters. The van der Waals surface area contributed by atoms with Crippen LogP contribution < -0.4 is 15.6 Å². The van der Waals surface area contributed by atoms with Gasteiger partial charge in [-0.25, -0.2) is 9.78 Å². The number of methoxy groups -OCH3 is 1. The highest BCUT2D eigenvalue weighted by Crippen LogP contribution is 2.38. The lowest BCUT2D eigenvalue weighted by Gasteiger charge is -2.17. The van der Waals surface area contributed by atoms with E-state index in [2.05, 4.69) is 18.8 Å². The molecular weight excluding hydrogens is 579 g/mol. The second-order valence-electron chi connectivity index (χ2n) is 9.77. The fourth-order valence-electron chi connectivity index (χ4n) is 4.94. The number of fused-ring (bicyclic) bond motifs is 3. The van der Waals surface area contributed by atoms with Gasteiger partial charge in [0.1, 0.15) is 21.1 Å². The molecule has 0 saturated carbocycles. The van der Waals surface area contributed by atoms with E-state index in [-0.39, 0.29) is 23.8 Å². The average molecular weight is 610 g/mol. The van der Waals surface area contributed by atoms with E-state index in [0.29, 0.717) is 44.9 Å². The topological polar surface area (TPSA) is 99.5 Å². The van der Waals surface area contributed by atoms with Crippen LogP contribution in [0.1, 0.15) is 41.1 Å². The summed E-state index contributed by atoms with van der Waals surface area (Å²) in [4.78, 5) is 46.4. The molecule has 0 radical (unpaired) electrons. The molecule has 0 bridgehead atoms. The van der Waals surface area contributed by atoms with Crippen LogP contribution in [0.2, 0.25) is 0 Å². The minimum absolute atomic E-state index is 0.00917. The van der Waals surface area contributed by atoms with Crippen LogP contribution in [0.25, 0.3) is 21.3 Å². The Morgan fingerprint density at radius 1 is 1.29 bits per heavy atom. The summed E-state index contributed by atoms with van der Waals surface area (Å²) in [6.45, 7) is 8.29. The fraction of sp³-hybridized carbons (Fsp3) is 0.333. The average Bonchev–Trinajstić information content (AvgIpc) is 3.54. The highest BCUT2D eigenvalue weighted by Gasteiger charge is 2.26. The van der Waals surface area contributed by atoms with Gasteiger partial charge < -0.3 is 14.8 Å². The summed E-state index contributed by atoms with van der Waals surface area (Å²) in [5.41, 5.74) is 2.82. The maximum absolute atomic E-state index is 13.6. The van der Waals surface area contributed by atoms with Gasteiger partial charge in [0.25, 0.3) is 5.56 Å². The molecule has 4 aromatic rings. The molecule has 1 aromatic carbocycles. The molecule has 11 heteroatoms. The number of hydrogen-bond acceptors (Lipinski definition) is 9. The molecule has 0 spiro atoms. The van der Waals surface area contributed by atoms with Crippen molar-refractivity contribution in [1.29, 1.82) is 0 Å². The third-order valence-electron chi connectivity index (χ3n) is 6.95. The van der Waals surface area contributed by atoms with Crippen molar-refractivity contribution in [1.82, 2.24) is 9.55 Å². The molecule has 214 valence electrons. The number of thioether (sulfide) groups is 1. The highest BCUT2D eigenvalue weighted by molar-refractivity contribution is 7.99. The maximum atomic E-state index is 13.6. The number of hydrogen-bond donors (Lipinski definition) is 1. The summed E-state index contributed by atoms with van der Waals surface area (Å²) in [5.74, 6) is 0.472. The van der Waals surface area contributed by atoms with Crippen LogP contribution in [0.4, 0.5) is 5.00 Å². The number of nitrogens with one attached hydrogen (secondary N) is 1. The first-order chi connectivity index (χ1) is 19.8. The summed E-state index contributed by atoms with van der Waals surface area (Å²) in [6, 6.07) is 7.34. The van der Waals surface area contributed by atoms with Gasteiger partial charge in [0.15, 0.2) is 5.16 Å². The fourth-order valence-corrected chi connectivity index (χ4v) is 8.14. The van der Waals surface area contributed by atoms with Gasteiger partial charge in [-0.1, -0.05) is 36.9 Å². The Morgan fingerprint density at radius 3 is 2.78 bits per heavy atom. The minimum atomic E-state index is -0.509. The van der Waals surface area contributed by atoms with Crippen LogP contribution >= 0.6 is 34.4 Å². The van der Waals surface area contributed by atoms with Crippen molar-refractivity contribution in [2.75, 3.05) is 24.8 Å². The first-order valence-corrected chi connectivity index (χ1v) is 16.0. The number of carbonyl (C=O) groups excluding carboxylic acids is 2. The van der Waals surface area contributed by atoms with Gasteiger partial charge in [-0.05, 0) is 55.4 Å². The molecular formula is C30H31N3O5S3. The van der Waals surface area contributed by atoms with Crippen molar-refractivity contribution in [2.24, 2.45) is 5.92 Å². The van der Waals surface area contributed by atoms with E-state index in [1.807, 2.05) is 29.6 Å². The number of allylic oxidation sites excluding steroid dienone is 1. The molecule has 3 aromatic heterocycles. The van der Waals surface area contributed by atoms with Gasteiger partial charge in [0.05, 0.1) is 24.9 Å². The number of nitrogens with zero attached hydrogens (tertiary/aromatic N) is 2. The number of anilines is 1. The Labute approximate surface area is 250 Å². The third-order valence-corrected chi connectivity index (χ3v) is 9.97. The van der Waals surface area contributed by atoms with Crippen LogP contribution in [0, 0.1) is 5.92 Å². The van der Waals surface area contributed by atoms with Crippen LogP contribution in [0.3, 0.4) is 0 Å². The van der Waals surface area contributed by atoms with Gasteiger partial charge in [-0.15, -0.1) is 29.3 Å². The lowest BCUT2D eigenvalue weighted by Crippen LogP contribution is -2.24. The van der Waals surface area contributed by atoms with Crippen LogP contribution in [0.5, 0.6) is 5.75 Å². The molecule has 1 amide bonds. The van der Waals surface area contributed by atoms with Crippen LogP contribution in [-0.4, -0.2) is 40.9 Å². The Morgan fingerprint density at radius 2 is 2.07 bits per heavy atom. The molecule has 1 aliphatic carbocycles. The normalized spacial score (nSPS) is 14.5. The van der Waals surface area contributed by atoms with E-state index in [4.69, 9.17) is 14.5 Å². The first-order valence-electron chi connectivity index (χ1n) is 13.4. The predicted octanol–water partition coefficient (Wildman–Crippen LogP) is 6.41. The highest BCUT2D eigenvalue weighted by atomic mass is 32.2. The number of aromatic nitrogens is 2. The van der Waals surface area contributed by atoms with E-state index >= 15 is 0 Å². The number of esters is 1. The Kier molecular flexibility index (Phi) is 8.96. The largest absolute Gasteiger partial charge is 0.497 e. The lowest BCUT2D eigenvalue weighted by molar-refractivity contribution is -0.113. The SMILES string of the molecule is C=CCn1c(SCC(=O)Nc2scc(-c3ccc(OC)cc3)c2C(=O)OCC)nc2sc3c(c2c1=O)CCC(C)C3. The monoisotopic (exact) mass is 609 g/mol. The number of ether oxygens (including phenoxy) is 2. The molecule has 8 nitrogen and oxygen atoms in total. The number of aryl methyl sites for hydroxylation is 1. The summed E-state index contributed by atoms with van der Waals surface area (Å²) in [7, 11) is 1.59. The molecule has 0 aliphatic heterocycles. The van der Waals surface area contributed by atoms with Crippen LogP contribution in [-0.2, 0) is 28.9 Å². The number of thiophene rings is 2. The molecule has 0 saturated heterocycles. The molecule has 1 atom stereocenters. The van der Waals surface area contributed by atoms with Crippen molar-refractivity contribution in [3.05, 3.63) is 68.7 Å². The second-order valence-corrected chi connectivity index (χ2v) is 12.7. The second kappa shape index (κ2) is 12.6. The summed E-state index contributed by atoms with van der Waals surface area (Å²) >= 11 is 4.04. The van der Waals surface area contributed by atoms with Crippen molar-refractivity contribution in [2.45, 2.75) is 44.8 Å². The van der Waals surface area contributed by atoms with Gasteiger partial charge in [-0.2, -0.15) is 0 Å². The number of rotatable bonds is 10. The molecule has 3 heterocycles. The molecule has 0 fully saturated rings. The maximum Gasteiger partial charge on any atom is 0.341 e. The van der Waals surface area contributed by atoms with E-state index in [1.54, 1.807) is 36.0 Å². The smallest absolute Gasteiger partial charge is 0.341 e. The quantitative estimate of drug-likeness (QED) is 0.0960. The summed E-state index contributed by atoms with van der Waals surface area (Å²) in [5, 5.41) is 6.29. The number of benzene rings is 1. The van der Waals surface area contributed by atoms with E-state index in [1.165, 1.54) is 28.0 Å². The summed E-state index contributed by atoms with van der Waals surface area (Å²) < 4.78 is 12.1. The Balaban J connectivity index is 1.39. The predicted molar refractivity (Wildman–Crippen MR) is 167 cm³/mol. The zero-order chi connectivity index (χ0) is 29.1. The van der Waals surface area contributed by atoms with Gasteiger partial charge in [0.2, 0.25) is 5.91 Å². The molecule has 1 N–H and O–H groups in total. The zero-order valence-corrected chi connectivity index (χ0v) is 25.6. The summed E-state index contributed by atoms with van der Waals surface area (Å²) in [6.07, 6.45) is 4.58. The standard InChI is InChI=1S/C30H31N3O5S3/c1-5-13-33-28(35)24-20-12-7-17(3)14-22(20)41-27(24)32-30(33)40-16-23(34)31-26-25(29(36)38-6-2)21(15-39-26)18-8-10-19(37-4)11-9-18/h5,8-11,15,17H,1,6-7,12-14,16H2,2-4H3,(H,31,34). The molecule has 5 rings (SSSR count). The van der Waals surface area contributed by atoms with E-state index < -0.39 is 5.97 Å². The minimum Gasteiger partial charge on any atom is -0.497 e. The molecule has 41 heavy (non-hydrogen) atoms. The van der Waals surface area contributed by atoms with E-state index in [0.717, 1.165) is 35.2 Å². The molecule has 1 aliphatic rings. The van der Waals surface area contributed by atoms with Crippen molar-refractivity contribution in [3.8, 4) is 16.9 Å². The Hall–Kier alpha value is -3.41. The van der Waals surface area contributed by atoms with Gasteiger partial charge >= 0.3 is 5.97 Å². The van der Waals surface area contributed by atoms with Crippen molar-refractivity contribution < 1.29 is 19.1 Å². The first kappa shape index (κ1) is 29.1. The van der Waals surface area contributed by atoms with Crippen molar-refractivity contribution >= 4 is 61.5 Å². The lowest BCUT2D eigenvalue weighted by atomic mass is 9.89. The Bertz CT molecular complexity index is 1670. The number of carbonyl (C=O) groups is 2. The third kappa shape index (κ3) is 5.98. The van der Waals surface area contributed by atoms with Gasteiger partial charge in [0, 0.05) is 22.4 Å². The van der Waals surface area contributed by atoms with Gasteiger partial charge in [-0.3, -0.25) is 14.2 Å². The zero-order valence-electron chi connectivity index (χ0n) is 23.2. The van der Waals surface area contributed by atoms with Crippen molar-refractivity contribution in [3.63, 3.8) is 0 Å².